The number of phosphoric ester groups is 1. The number of carbonyl (C=O) groups excluding carboxylic acids is 2. The van der Waals surface area contributed by atoms with Crippen LogP contribution in [0.15, 0.2) is 12.2 Å². The van der Waals surface area contributed by atoms with Gasteiger partial charge in [0.1, 0.15) is 12.6 Å². The van der Waals surface area contributed by atoms with Gasteiger partial charge in [0.15, 0.2) is 6.10 Å². The van der Waals surface area contributed by atoms with Crippen molar-refractivity contribution in [2.45, 2.75) is 257 Å². The van der Waals surface area contributed by atoms with Crippen LogP contribution in [-0.2, 0) is 37.5 Å². The maximum Gasteiger partial charge on any atom is 0.472 e. The summed E-state index contributed by atoms with van der Waals surface area (Å²) in [5, 5.41) is 8.91. The van der Waals surface area contributed by atoms with Crippen molar-refractivity contribution in [3.63, 3.8) is 0 Å². The molecular formula is C48H92NO10P. The van der Waals surface area contributed by atoms with Crippen LogP contribution in [0.3, 0.4) is 0 Å². The number of ether oxygens (including phenoxy) is 2. The van der Waals surface area contributed by atoms with E-state index in [4.69, 9.17) is 24.8 Å². The van der Waals surface area contributed by atoms with E-state index in [1.165, 1.54) is 167 Å². The molecule has 0 bridgehead atoms. The molecule has 0 fully saturated rings. The SMILES string of the molecule is CCCCCCCC/C=C/CCCCCCCCCCCCCC(=O)OC[C@@H](COP(=O)(O)OC[C@H](N)C(=O)O)OC(=O)CCCCCCCCCCCCCCCCC. The van der Waals surface area contributed by atoms with Crippen molar-refractivity contribution in [2.75, 3.05) is 19.8 Å². The summed E-state index contributed by atoms with van der Waals surface area (Å²) < 4.78 is 32.8. The number of carboxylic acids is 1. The molecule has 0 amide bonds. The molecule has 0 rings (SSSR count). The lowest BCUT2D eigenvalue weighted by Crippen LogP contribution is -2.34. The van der Waals surface area contributed by atoms with Crippen molar-refractivity contribution in [3.05, 3.63) is 12.2 Å². The number of rotatable bonds is 47. The Hall–Kier alpha value is -1.78. The van der Waals surface area contributed by atoms with Crippen molar-refractivity contribution in [1.82, 2.24) is 0 Å². The predicted molar refractivity (Wildman–Crippen MR) is 245 cm³/mol. The van der Waals surface area contributed by atoms with Gasteiger partial charge in [-0.1, -0.05) is 206 Å². The molecule has 0 aliphatic heterocycles. The molecule has 354 valence electrons. The monoisotopic (exact) mass is 874 g/mol. The highest BCUT2D eigenvalue weighted by atomic mass is 31.2. The molecule has 0 aromatic carbocycles. The van der Waals surface area contributed by atoms with Crippen LogP contribution in [-0.4, -0.2) is 59.9 Å². The van der Waals surface area contributed by atoms with Crippen molar-refractivity contribution >= 4 is 25.7 Å². The van der Waals surface area contributed by atoms with E-state index in [2.05, 4.69) is 30.5 Å². The topological polar surface area (TPSA) is 172 Å². The molecule has 11 nitrogen and oxygen atoms in total. The van der Waals surface area contributed by atoms with Crippen LogP contribution in [0.1, 0.15) is 245 Å². The molecule has 0 saturated carbocycles. The standard InChI is InChI=1S/C48H92NO10P/c1-3-5-7-9-11-13-15-17-19-20-21-22-23-24-26-27-29-31-33-35-37-39-46(50)56-41-44(42-57-60(54,55)58-43-45(49)48(52)53)59-47(51)40-38-36-34-32-30-28-25-18-16-14-12-10-8-6-4-2/h17,19,44-45H,3-16,18,20-43,49H2,1-2H3,(H,52,53)(H,54,55)/b19-17+/t44-,45-/m0/s1. The number of hydrogen-bond acceptors (Lipinski definition) is 9. The predicted octanol–water partition coefficient (Wildman–Crippen LogP) is 13.6. The number of carbonyl (C=O) groups is 3. The largest absolute Gasteiger partial charge is 0.480 e. The van der Waals surface area contributed by atoms with Crippen molar-refractivity contribution in [3.8, 4) is 0 Å². The molecule has 0 saturated heterocycles. The fourth-order valence-corrected chi connectivity index (χ4v) is 7.90. The lowest BCUT2D eigenvalue weighted by Gasteiger charge is -2.20. The van der Waals surface area contributed by atoms with Gasteiger partial charge in [0.05, 0.1) is 13.2 Å². The summed E-state index contributed by atoms with van der Waals surface area (Å²) >= 11 is 0. The molecule has 4 N–H and O–H groups in total. The van der Waals surface area contributed by atoms with Gasteiger partial charge in [-0.15, -0.1) is 0 Å². The Balaban J connectivity index is 4.21. The van der Waals surface area contributed by atoms with Crippen LogP contribution in [0.25, 0.3) is 0 Å². The third-order valence-electron chi connectivity index (χ3n) is 11.0. The maximum atomic E-state index is 12.7. The minimum atomic E-state index is -4.71. The summed E-state index contributed by atoms with van der Waals surface area (Å²) in [6.07, 6.45) is 45.6. The number of unbranched alkanes of at least 4 members (excludes halogenated alkanes) is 31. The normalized spacial score (nSPS) is 13.7. The summed E-state index contributed by atoms with van der Waals surface area (Å²) in [5.74, 6) is -2.36. The van der Waals surface area contributed by atoms with E-state index in [0.717, 1.165) is 38.5 Å². The number of esters is 2. The first-order chi connectivity index (χ1) is 29.1. The summed E-state index contributed by atoms with van der Waals surface area (Å²) in [5.41, 5.74) is 5.35. The summed E-state index contributed by atoms with van der Waals surface area (Å²) in [6.45, 7) is 2.84. The number of carboxylic acid groups (broad SMARTS) is 1. The van der Waals surface area contributed by atoms with Crippen LogP contribution in [0.5, 0.6) is 0 Å². The van der Waals surface area contributed by atoms with E-state index in [-0.39, 0.29) is 19.4 Å². The molecule has 0 spiro atoms. The zero-order valence-corrected chi connectivity index (χ0v) is 39.5. The highest BCUT2D eigenvalue weighted by molar-refractivity contribution is 7.47. The third kappa shape index (κ3) is 42.9. The number of nitrogens with two attached hydrogens (primary N) is 1. The fraction of sp³-hybridized carbons (Fsp3) is 0.896. The first kappa shape index (κ1) is 58.2. The minimum Gasteiger partial charge on any atom is -0.480 e. The van der Waals surface area contributed by atoms with Gasteiger partial charge in [-0.2, -0.15) is 0 Å². The van der Waals surface area contributed by atoms with E-state index >= 15 is 0 Å². The smallest absolute Gasteiger partial charge is 0.472 e. The molecule has 0 aliphatic rings. The second-order valence-electron chi connectivity index (χ2n) is 17.0. The molecule has 60 heavy (non-hydrogen) atoms. The number of allylic oxidation sites excluding steroid dienone is 2. The number of aliphatic carboxylic acids is 1. The lowest BCUT2D eigenvalue weighted by molar-refractivity contribution is -0.161. The second-order valence-corrected chi connectivity index (χ2v) is 18.4. The van der Waals surface area contributed by atoms with Crippen LogP contribution < -0.4 is 5.73 Å². The van der Waals surface area contributed by atoms with Crippen molar-refractivity contribution < 1.29 is 47.5 Å². The average molecular weight is 874 g/mol. The van der Waals surface area contributed by atoms with Gasteiger partial charge in [-0.3, -0.25) is 23.4 Å². The van der Waals surface area contributed by atoms with Crippen molar-refractivity contribution in [1.29, 1.82) is 0 Å². The Morgan fingerprint density at radius 3 is 1.22 bits per heavy atom. The second kappa shape index (κ2) is 43.9. The summed E-state index contributed by atoms with van der Waals surface area (Å²) in [7, 11) is -4.71. The molecule has 12 heteroatoms. The average Bonchev–Trinajstić information content (AvgIpc) is 3.22. The van der Waals surface area contributed by atoms with Crippen LogP contribution in [0.2, 0.25) is 0 Å². The zero-order valence-electron chi connectivity index (χ0n) is 38.6. The van der Waals surface area contributed by atoms with E-state index in [0.29, 0.717) is 12.8 Å². The van der Waals surface area contributed by atoms with E-state index in [9.17, 15) is 23.8 Å². The Morgan fingerprint density at radius 1 is 0.500 bits per heavy atom. The van der Waals surface area contributed by atoms with Gasteiger partial charge in [0, 0.05) is 12.8 Å². The van der Waals surface area contributed by atoms with Gasteiger partial charge >= 0.3 is 25.7 Å². The highest BCUT2D eigenvalue weighted by Gasteiger charge is 2.28. The van der Waals surface area contributed by atoms with Crippen LogP contribution in [0, 0.1) is 0 Å². The van der Waals surface area contributed by atoms with Crippen LogP contribution in [0.4, 0.5) is 0 Å². The number of phosphoric acid groups is 1. The third-order valence-corrected chi connectivity index (χ3v) is 12.0. The highest BCUT2D eigenvalue weighted by Crippen LogP contribution is 2.43. The molecule has 0 aromatic rings. The molecule has 0 aromatic heterocycles. The summed E-state index contributed by atoms with van der Waals surface area (Å²) in [6, 6.07) is -1.52. The van der Waals surface area contributed by atoms with Gasteiger partial charge in [-0.25, -0.2) is 4.57 Å². The van der Waals surface area contributed by atoms with E-state index < -0.39 is 51.1 Å². The quantitative estimate of drug-likeness (QED) is 0.0230. The summed E-state index contributed by atoms with van der Waals surface area (Å²) in [4.78, 5) is 46.1. The number of hydrogen-bond donors (Lipinski definition) is 3. The Morgan fingerprint density at radius 2 is 0.833 bits per heavy atom. The van der Waals surface area contributed by atoms with Crippen LogP contribution >= 0.6 is 7.82 Å². The Bertz CT molecular complexity index is 1070. The van der Waals surface area contributed by atoms with E-state index in [1.54, 1.807) is 0 Å². The van der Waals surface area contributed by atoms with Crippen molar-refractivity contribution in [2.24, 2.45) is 5.73 Å². The molecule has 1 unspecified atom stereocenters. The molecular weight excluding hydrogens is 781 g/mol. The van der Waals surface area contributed by atoms with Gasteiger partial charge in [0.2, 0.25) is 0 Å². The Labute approximate surface area is 367 Å². The van der Waals surface area contributed by atoms with Gasteiger partial charge in [0.25, 0.3) is 0 Å². The zero-order chi connectivity index (χ0) is 44.2. The van der Waals surface area contributed by atoms with Gasteiger partial charge in [-0.05, 0) is 38.5 Å². The minimum absolute atomic E-state index is 0.167. The fourth-order valence-electron chi connectivity index (χ4n) is 7.12. The molecule has 0 radical (unpaired) electrons. The Kier molecular flexibility index (Phi) is 42.6. The molecule has 3 atom stereocenters. The van der Waals surface area contributed by atoms with Gasteiger partial charge < -0.3 is 25.2 Å². The molecule has 0 aliphatic carbocycles. The van der Waals surface area contributed by atoms with E-state index in [1.807, 2.05) is 0 Å². The first-order valence-corrected chi connectivity index (χ1v) is 26.2. The first-order valence-electron chi connectivity index (χ1n) is 24.7. The lowest BCUT2D eigenvalue weighted by atomic mass is 10.0. The maximum absolute atomic E-state index is 12.7. The molecule has 0 heterocycles.